The zero-order valence-corrected chi connectivity index (χ0v) is 8.81. The third-order valence-corrected chi connectivity index (χ3v) is 3.64. The molecule has 0 spiro atoms. The Kier molecular flexibility index (Phi) is 2.26. The number of hydrogen-bond acceptors (Lipinski definition) is 2. The van der Waals surface area contributed by atoms with Gasteiger partial charge in [-0.2, -0.15) is 0 Å². The molecule has 12 heavy (non-hydrogen) atoms. The lowest BCUT2D eigenvalue weighted by molar-refractivity contribution is 0.188. The van der Waals surface area contributed by atoms with Crippen molar-refractivity contribution in [2.75, 3.05) is 6.54 Å². The first-order valence-corrected chi connectivity index (χ1v) is 4.71. The normalized spacial score (nSPS) is 28.5. The van der Waals surface area contributed by atoms with E-state index >= 15 is 0 Å². The van der Waals surface area contributed by atoms with Crippen molar-refractivity contribution < 1.29 is 5.11 Å². The van der Waals surface area contributed by atoms with E-state index in [0.717, 1.165) is 0 Å². The van der Waals surface area contributed by atoms with Crippen molar-refractivity contribution in [2.24, 2.45) is 10.8 Å². The summed E-state index contributed by atoms with van der Waals surface area (Å²) in [6.45, 7) is 11.6. The lowest BCUT2D eigenvalue weighted by Gasteiger charge is -2.07. The highest BCUT2D eigenvalue weighted by atomic mass is 16.3. The highest BCUT2D eigenvalue weighted by Crippen LogP contribution is 2.62. The van der Waals surface area contributed by atoms with Crippen molar-refractivity contribution in [2.45, 2.75) is 46.8 Å². The van der Waals surface area contributed by atoms with Crippen LogP contribution in [0.3, 0.4) is 0 Å². The van der Waals surface area contributed by atoms with Gasteiger partial charge in [0.15, 0.2) is 0 Å². The predicted molar refractivity (Wildman–Crippen MR) is 51.0 cm³/mol. The second-order valence-corrected chi connectivity index (χ2v) is 5.13. The molecule has 0 aromatic rings. The Hall–Kier alpha value is -0.0800. The second-order valence-electron chi connectivity index (χ2n) is 5.13. The highest BCUT2D eigenvalue weighted by Gasteiger charge is 2.64. The van der Waals surface area contributed by atoms with E-state index in [-0.39, 0.29) is 6.10 Å². The molecule has 0 radical (unpaired) electrons. The maximum absolute atomic E-state index is 9.11. The van der Waals surface area contributed by atoms with Crippen LogP contribution >= 0.6 is 0 Å². The van der Waals surface area contributed by atoms with Crippen LogP contribution < -0.4 is 5.32 Å². The van der Waals surface area contributed by atoms with Gasteiger partial charge in [-0.05, 0) is 17.8 Å². The predicted octanol–water partition coefficient (Wildman–Crippen LogP) is 1.39. The molecule has 0 aromatic carbocycles. The standard InChI is InChI=1S/C10H21NO/c1-7(12)6-11-8-9(2,3)10(8,4)5/h7-8,11-12H,6H2,1-5H3/t7-/m1/s1. The lowest BCUT2D eigenvalue weighted by Crippen LogP contribution is -2.29. The van der Waals surface area contributed by atoms with Crippen molar-refractivity contribution in [1.82, 2.24) is 5.32 Å². The second kappa shape index (κ2) is 2.71. The highest BCUT2D eigenvalue weighted by molar-refractivity contribution is 5.17. The molecule has 2 N–H and O–H groups in total. The Balaban J connectivity index is 2.39. The van der Waals surface area contributed by atoms with Gasteiger partial charge in [0.25, 0.3) is 0 Å². The third-order valence-electron chi connectivity index (χ3n) is 3.64. The van der Waals surface area contributed by atoms with Crippen LogP contribution in [0.1, 0.15) is 34.6 Å². The third kappa shape index (κ3) is 1.38. The summed E-state index contributed by atoms with van der Waals surface area (Å²) in [5.41, 5.74) is 0.754. The van der Waals surface area contributed by atoms with Crippen LogP contribution in [0.4, 0.5) is 0 Å². The van der Waals surface area contributed by atoms with E-state index < -0.39 is 0 Å². The maximum Gasteiger partial charge on any atom is 0.0636 e. The number of nitrogens with one attached hydrogen (secondary N) is 1. The quantitative estimate of drug-likeness (QED) is 0.672. The number of rotatable bonds is 3. The number of aliphatic hydroxyl groups is 1. The average Bonchev–Trinajstić information content (AvgIpc) is 2.21. The molecule has 1 saturated carbocycles. The zero-order chi connectivity index (χ0) is 9.57. The first-order chi connectivity index (χ1) is 5.30. The van der Waals surface area contributed by atoms with E-state index in [1.807, 2.05) is 6.92 Å². The van der Waals surface area contributed by atoms with Gasteiger partial charge in [-0.25, -0.2) is 0 Å². The number of aliphatic hydroxyl groups excluding tert-OH is 1. The van der Waals surface area contributed by atoms with Crippen molar-refractivity contribution in [3.63, 3.8) is 0 Å². The van der Waals surface area contributed by atoms with Gasteiger partial charge in [-0.3, -0.25) is 0 Å². The lowest BCUT2D eigenvalue weighted by atomic mass is 10.0. The molecule has 2 nitrogen and oxygen atoms in total. The van der Waals surface area contributed by atoms with E-state index in [1.54, 1.807) is 0 Å². The van der Waals surface area contributed by atoms with Gasteiger partial charge in [0.1, 0.15) is 0 Å². The Morgan fingerprint density at radius 2 is 1.67 bits per heavy atom. The molecule has 1 fully saturated rings. The molecule has 1 atom stereocenters. The van der Waals surface area contributed by atoms with Crippen molar-refractivity contribution in [3.05, 3.63) is 0 Å². The van der Waals surface area contributed by atoms with E-state index in [2.05, 4.69) is 33.0 Å². The Labute approximate surface area is 75.4 Å². The molecule has 1 rings (SSSR count). The van der Waals surface area contributed by atoms with Crippen LogP contribution in [0.2, 0.25) is 0 Å². The summed E-state index contributed by atoms with van der Waals surface area (Å²) < 4.78 is 0. The molecule has 0 unspecified atom stereocenters. The largest absolute Gasteiger partial charge is 0.392 e. The molecule has 0 amide bonds. The van der Waals surface area contributed by atoms with Gasteiger partial charge in [-0.15, -0.1) is 0 Å². The Morgan fingerprint density at radius 3 is 1.92 bits per heavy atom. The summed E-state index contributed by atoms with van der Waals surface area (Å²) in [5, 5.41) is 12.5. The minimum atomic E-state index is -0.239. The molecule has 0 aliphatic heterocycles. The minimum Gasteiger partial charge on any atom is -0.392 e. The van der Waals surface area contributed by atoms with Crippen LogP contribution in [0, 0.1) is 10.8 Å². The maximum atomic E-state index is 9.11. The SMILES string of the molecule is C[C@@H](O)CNC1C(C)(C)C1(C)C. The van der Waals surface area contributed by atoms with Crippen molar-refractivity contribution in [1.29, 1.82) is 0 Å². The number of hydrogen-bond donors (Lipinski definition) is 2. The van der Waals surface area contributed by atoms with E-state index in [1.165, 1.54) is 0 Å². The van der Waals surface area contributed by atoms with Crippen LogP contribution in [0.5, 0.6) is 0 Å². The van der Waals surface area contributed by atoms with E-state index in [0.29, 0.717) is 23.4 Å². The smallest absolute Gasteiger partial charge is 0.0636 e. The van der Waals surface area contributed by atoms with Crippen LogP contribution in [0.25, 0.3) is 0 Å². The first-order valence-electron chi connectivity index (χ1n) is 4.71. The van der Waals surface area contributed by atoms with Crippen LogP contribution in [0.15, 0.2) is 0 Å². The van der Waals surface area contributed by atoms with Gasteiger partial charge in [0.2, 0.25) is 0 Å². The molecule has 1 aliphatic carbocycles. The molecule has 72 valence electrons. The molecule has 0 aromatic heterocycles. The summed E-state index contributed by atoms with van der Waals surface area (Å²) in [6, 6.07) is 0.555. The van der Waals surface area contributed by atoms with Crippen molar-refractivity contribution in [3.8, 4) is 0 Å². The van der Waals surface area contributed by atoms with Crippen LogP contribution in [-0.2, 0) is 0 Å². The average molecular weight is 171 g/mol. The molecule has 0 heterocycles. The van der Waals surface area contributed by atoms with Gasteiger partial charge < -0.3 is 10.4 Å². The molecular formula is C10H21NO. The van der Waals surface area contributed by atoms with Gasteiger partial charge >= 0.3 is 0 Å². The van der Waals surface area contributed by atoms with Gasteiger partial charge in [-0.1, -0.05) is 27.7 Å². The summed E-state index contributed by atoms with van der Waals surface area (Å²) >= 11 is 0. The fourth-order valence-corrected chi connectivity index (χ4v) is 2.00. The minimum absolute atomic E-state index is 0.239. The molecule has 0 bridgehead atoms. The molecule has 2 heteroatoms. The topological polar surface area (TPSA) is 32.3 Å². The van der Waals surface area contributed by atoms with Gasteiger partial charge in [0, 0.05) is 12.6 Å². The molecule has 1 aliphatic rings. The van der Waals surface area contributed by atoms with Gasteiger partial charge in [0.05, 0.1) is 6.10 Å². The van der Waals surface area contributed by atoms with E-state index in [4.69, 9.17) is 5.11 Å². The zero-order valence-electron chi connectivity index (χ0n) is 8.81. The van der Waals surface area contributed by atoms with E-state index in [9.17, 15) is 0 Å². The monoisotopic (exact) mass is 171 g/mol. The molecular weight excluding hydrogens is 150 g/mol. The Bertz CT molecular complexity index is 159. The summed E-state index contributed by atoms with van der Waals surface area (Å²) in [4.78, 5) is 0. The van der Waals surface area contributed by atoms with Crippen molar-refractivity contribution >= 4 is 0 Å². The fourth-order valence-electron chi connectivity index (χ4n) is 2.00. The summed E-state index contributed by atoms with van der Waals surface area (Å²) in [6.07, 6.45) is -0.239. The first kappa shape index (κ1) is 10.0. The fraction of sp³-hybridized carbons (Fsp3) is 1.00. The van der Waals surface area contributed by atoms with Crippen LogP contribution in [-0.4, -0.2) is 23.8 Å². The molecule has 0 saturated heterocycles. The Morgan fingerprint density at radius 1 is 1.25 bits per heavy atom. The summed E-state index contributed by atoms with van der Waals surface area (Å²) in [5.74, 6) is 0. The summed E-state index contributed by atoms with van der Waals surface area (Å²) in [7, 11) is 0.